The molecule has 1 N–H and O–H groups in total. The van der Waals surface area contributed by atoms with Crippen LogP contribution in [0.15, 0.2) is 36.4 Å². The fourth-order valence-corrected chi connectivity index (χ4v) is 4.73. The van der Waals surface area contributed by atoms with Crippen LogP contribution in [0, 0.1) is 12.7 Å². The minimum Gasteiger partial charge on any atom is -0.381 e. The first-order chi connectivity index (χ1) is 13.8. The van der Waals surface area contributed by atoms with Crippen molar-refractivity contribution in [2.75, 3.05) is 7.11 Å². The van der Waals surface area contributed by atoms with Crippen LogP contribution in [-0.4, -0.2) is 30.4 Å². The van der Waals surface area contributed by atoms with E-state index in [1.54, 1.807) is 19.2 Å². The van der Waals surface area contributed by atoms with Gasteiger partial charge in [0.05, 0.1) is 16.7 Å². The summed E-state index contributed by atoms with van der Waals surface area (Å²) in [6.07, 6.45) is 2.83. The van der Waals surface area contributed by atoms with Crippen LogP contribution in [0.25, 0.3) is 11.1 Å². The third-order valence-corrected chi connectivity index (χ3v) is 6.61. The normalized spacial score (nSPS) is 26.8. The molecule has 29 heavy (non-hydrogen) atoms. The fraction of sp³-hybridized carbons (Fsp3) is 0.391. The van der Waals surface area contributed by atoms with E-state index in [0.29, 0.717) is 18.4 Å². The summed E-state index contributed by atoms with van der Waals surface area (Å²) in [6, 6.07) is 10.1. The molecule has 1 spiro atoms. The summed E-state index contributed by atoms with van der Waals surface area (Å²) in [5.41, 5.74) is 2.29. The van der Waals surface area contributed by atoms with Crippen LogP contribution in [0.3, 0.4) is 0 Å². The SMILES string of the molecule is COC1CCC2(CC1)NC(=O)C(c1cc(-c3ccc(F)c(Cl)c3)ccc1C)C2=O. The first-order valence-corrected chi connectivity index (χ1v) is 10.2. The molecule has 2 aromatic rings. The number of ether oxygens (including phenoxy) is 1. The quantitative estimate of drug-likeness (QED) is 0.747. The number of aryl methyl sites for hydroxylation is 1. The molecule has 1 saturated heterocycles. The van der Waals surface area contributed by atoms with Gasteiger partial charge in [-0.05, 0) is 73.1 Å². The molecule has 152 valence electrons. The van der Waals surface area contributed by atoms with Gasteiger partial charge in [-0.1, -0.05) is 29.8 Å². The van der Waals surface area contributed by atoms with Gasteiger partial charge in [0.1, 0.15) is 11.7 Å². The van der Waals surface area contributed by atoms with Crippen molar-refractivity contribution in [3.8, 4) is 11.1 Å². The maximum Gasteiger partial charge on any atom is 0.235 e. The van der Waals surface area contributed by atoms with E-state index in [1.165, 1.54) is 6.07 Å². The molecule has 1 heterocycles. The molecule has 6 heteroatoms. The molecule has 4 nitrogen and oxygen atoms in total. The number of carbonyl (C=O) groups excluding carboxylic acids is 2. The molecule has 1 atom stereocenters. The molecular formula is C23H23ClFNO3. The smallest absolute Gasteiger partial charge is 0.235 e. The van der Waals surface area contributed by atoms with Crippen LogP contribution in [-0.2, 0) is 14.3 Å². The number of benzene rings is 2. The van der Waals surface area contributed by atoms with Crippen LogP contribution in [0.1, 0.15) is 42.7 Å². The van der Waals surface area contributed by atoms with Crippen molar-refractivity contribution in [1.29, 1.82) is 0 Å². The van der Waals surface area contributed by atoms with Crippen molar-refractivity contribution in [3.05, 3.63) is 58.4 Å². The van der Waals surface area contributed by atoms with Crippen LogP contribution in [0.5, 0.6) is 0 Å². The van der Waals surface area contributed by atoms with Crippen molar-refractivity contribution in [2.45, 2.75) is 50.2 Å². The number of nitrogens with one attached hydrogen (secondary N) is 1. The second-order valence-electron chi connectivity index (χ2n) is 8.00. The zero-order valence-corrected chi connectivity index (χ0v) is 17.2. The number of hydrogen-bond donors (Lipinski definition) is 1. The monoisotopic (exact) mass is 415 g/mol. The van der Waals surface area contributed by atoms with E-state index in [0.717, 1.165) is 29.5 Å². The Morgan fingerprint density at radius 2 is 1.76 bits per heavy atom. The zero-order chi connectivity index (χ0) is 20.8. The number of methoxy groups -OCH3 is 1. The van der Waals surface area contributed by atoms with E-state index in [1.807, 2.05) is 25.1 Å². The molecule has 1 amide bonds. The topological polar surface area (TPSA) is 55.4 Å². The highest BCUT2D eigenvalue weighted by atomic mass is 35.5. The van der Waals surface area contributed by atoms with E-state index < -0.39 is 17.3 Å². The summed E-state index contributed by atoms with van der Waals surface area (Å²) in [4.78, 5) is 26.3. The van der Waals surface area contributed by atoms with Gasteiger partial charge in [0.2, 0.25) is 5.91 Å². The number of halogens is 2. The summed E-state index contributed by atoms with van der Waals surface area (Å²) in [6.45, 7) is 1.89. The molecule has 1 unspecified atom stereocenters. The Morgan fingerprint density at radius 3 is 2.41 bits per heavy atom. The van der Waals surface area contributed by atoms with Crippen molar-refractivity contribution < 1.29 is 18.7 Å². The predicted molar refractivity (Wildman–Crippen MR) is 109 cm³/mol. The Morgan fingerprint density at radius 1 is 1.10 bits per heavy atom. The number of hydrogen-bond acceptors (Lipinski definition) is 3. The summed E-state index contributed by atoms with van der Waals surface area (Å²) >= 11 is 5.93. The molecule has 1 saturated carbocycles. The molecule has 1 aliphatic heterocycles. The second-order valence-corrected chi connectivity index (χ2v) is 8.41. The van der Waals surface area contributed by atoms with E-state index in [-0.39, 0.29) is 22.8 Å². The minimum atomic E-state index is -0.829. The van der Waals surface area contributed by atoms with Gasteiger partial charge in [0, 0.05) is 7.11 Å². The Bertz CT molecular complexity index is 982. The van der Waals surface area contributed by atoms with Gasteiger partial charge in [-0.3, -0.25) is 9.59 Å². The highest BCUT2D eigenvalue weighted by Crippen LogP contribution is 2.41. The number of carbonyl (C=O) groups is 2. The largest absolute Gasteiger partial charge is 0.381 e. The van der Waals surface area contributed by atoms with Gasteiger partial charge < -0.3 is 10.1 Å². The molecule has 0 radical (unpaired) electrons. The molecule has 2 aromatic carbocycles. The van der Waals surface area contributed by atoms with Gasteiger partial charge in [0.25, 0.3) is 0 Å². The lowest BCUT2D eigenvalue weighted by Crippen LogP contribution is -2.50. The molecule has 2 aliphatic rings. The maximum absolute atomic E-state index is 13.5. The lowest BCUT2D eigenvalue weighted by atomic mass is 9.75. The standard InChI is InChI=1S/C23H23ClFNO3/c1-13-3-4-14(15-5-6-19(25)18(24)12-15)11-17(13)20-21(27)23(26-22(20)28)9-7-16(29-2)8-10-23/h3-6,11-12,16,20H,7-10H2,1-2H3,(H,26,28). The summed E-state index contributed by atoms with van der Waals surface area (Å²) < 4.78 is 18.9. The lowest BCUT2D eigenvalue weighted by molar-refractivity contribution is -0.126. The fourth-order valence-electron chi connectivity index (χ4n) is 4.55. The highest BCUT2D eigenvalue weighted by molar-refractivity contribution is 6.31. The van der Waals surface area contributed by atoms with Gasteiger partial charge in [-0.25, -0.2) is 4.39 Å². The van der Waals surface area contributed by atoms with Crippen molar-refractivity contribution >= 4 is 23.3 Å². The predicted octanol–water partition coefficient (Wildman–Crippen LogP) is 4.56. The lowest BCUT2D eigenvalue weighted by Gasteiger charge is -2.35. The molecular weight excluding hydrogens is 393 g/mol. The van der Waals surface area contributed by atoms with E-state index >= 15 is 0 Å². The van der Waals surface area contributed by atoms with Crippen molar-refractivity contribution in [1.82, 2.24) is 5.32 Å². The average Bonchev–Trinajstić information content (AvgIpc) is 2.95. The molecule has 2 fully saturated rings. The average molecular weight is 416 g/mol. The second kappa shape index (κ2) is 7.54. The summed E-state index contributed by atoms with van der Waals surface area (Å²) in [5.74, 6) is -1.62. The van der Waals surface area contributed by atoms with Gasteiger partial charge in [-0.15, -0.1) is 0 Å². The van der Waals surface area contributed by atoms with Gasteiger partial charge in [-0.2, -0.15) is 0 Å². The molecule has 4 rings (SSSR count). The Hall–Kier alpha value is -2.24. The number of amides is 1. The van der Waals surface area contributed by atoms with E-state index in [4.69, 9.17) is 16.3 Å². The minimum absolute atomic E-state index is 0.0353. The van der Waals surface area contributed by atoms with Crippen molar-refractivity contribution in [3.63, 3.8) is 0 Å². The van der Waals surface area contributed by atoms with Gasteiger partial charge >= 0.3 is 0 Å². The number of ketones is 1. The number of rotatable bonds is 3. The third-order valence-electron chi connectivity index (χ3n) is 6.32. The Balaban J connectivity index is 1.68. The first kappa shape index (κ1) is 20.0. The van der Waals surface area contributed by atoms with Crippen molar-refractivity contribution in [2.24, 2.45) is 0 Å². The van der Waals surface area contributed by atoms with E-state index in [2.05, 4.69) is 5.32 Å². The Kier molecular flexibility index (Phi) is 5.21. The van der Waals surface area contributed by atoms with Crippen LogP contribution >= 0.6 is 11.6 Å². The van der Waals surface area contributed by atoms with Gasteiger partial charge in [0.15, 0.2) is 5.78 Å². The summed E-state index contributed by atoms with van der Waals surface area (Å²) in [7, 11) is 1.68. The summed E-state index contributed by atoms with van der Waals surface area (Å²) in [5, 5.41) is 3.04. The Labute approximate surface area is 174 Å². The number of Topliss-reactive ketones (excluding diaryl/α,β-unsaturated/α-hetero) is 1. The van der Waals surface area contributed by atoms with Crippen LogP contribution < -0.4 is 5.32 Å². The molecule has 1 aliphatic carbocycles. The van der Waals surface area contributed by atoms with Crippen LogP contribution in [0.2, 0.25) is 5.02 Å². The zero-order valence-electron chi connectivity index (χ0n) is 16.4. The molecule has 0 bridgehead atoms. The first-order valence-electron chi connectivity index (χ1n) is 9.80. The van der Waals surface area contributed by atoms with Crippen LogP contribution in [0.4, 0.5) is 4.39 Å². The highest BCUT2D eigenvalue weighted by Gasteiger charge is 2.54. The molecule has 0 aromatic heterocycles. The van der Waals surface area contributed by atoms with E-state index in [9.17, 15) is 14.0 Å². The third kappa shape index (κ3) is 3.47. The maximum atomic E-state index is 13.5.